The minimum Gasteiger partial charge on any atom is -0.493 e. The molecule has 0 bridgehead atoms. The molecule has 1 heterocycles. The van der Waals surface area contributed by atoms with Gasteiger partial charge in [-0.25, -0.2) is 0 Å². The van der Waals surface area contributed by atoms with E-state index in [1.54, 1.807) is 42.5 Å². The van der Waals surface area contributed by atoms with Crippen LogP contribution in [0.4, 0.5) is 5.69 Å². The van der Waals surface area contributed by atoms with Gasteiger partial charge < -0.3 is 14.5 Å². The lowest BCUT2D eigenvalue weighted by Gasteiger charge is -2.07. The van der Waals surface area contributed by atoms with Crippen molar-refractivity contribution >= 4 is 39.6 Å². The second kappa shape index (κ2) is 7.40. The molecule has 1 aromatic heterocycles. The van der Waals surface area contributed by atoms with E-state index in [1.165, 1.54) is 13.2 Å². The number of hydrogen-bond acceptors (Lipinski definition) is 4. The van der Waals surface area contributed by atoms with Gasteiger partial charge in [0.1, 0.15) is 5.58 Å². The summed E-state index contributed by atoms with van der Waals surface area (Å²) in [5.74, 6) is 0.209. The highest BCUT2D eigenvalue weighted by Crippen LogP contribution is 2.28. The minimum atomic E-state index is -0.274. The maximum Gasteiger partial charge on any atom is 0.248 e. The first-order chi connectivity index (χ1) is 13.7. The third-order valence-corrected chi connectivity index (χ3v) is 4.38. The molecule has 0 atom stereocenters. The summed E-state index contributed by atoms with van der Waals surface area (Å²) in [5, 5.41) is 3.68. The number of para-hydroxylation sites is 1. The maximum atomic E-state index is 12.7. The Morgan fingerprint density at radius 2 is 1.82 bits per heavy atom. The van der Waals surface area contributed by atoms with Crippen molar-refractivity contribution in [2.24, 2.45) is 0 Å². The Balaban J connectivity index is 1.67. The number of ether oxygens (including phenoxy) is 1. The molecule has 0 aliphatic carbocycles. The molecule has 3 aromatic carbocycles. The molecule has 138 valence electrons. The summed E-state index contributed by atoms with van der Waals surface area (Å²) in [6.07, 6.45) is 3.19. The standard InChI is InChI=1S/C23H17NO4/c1-27-19-9-5-8-18-22(26)17-12-11-16(14-20(17)28-23(18)19)24-21(25)13-10-15-6-3-2-4-7-15/h2-14H,1H3,(H,24,25)/b13-10+. The van der Waals surface area contributed by atoms with Crippen LogP contribution in [-0.2, 0) is 4.79 Å². The van der Waals surface area contributed by atoms with Crippen LogP contribution in [-0.4, -0.2) is 13.0 Å². The molecule has 0 unspecified atom stereocenters. The third-order valence-electron chi connectivity index (χ3n) is 4.38. The van der Waals surface area contributed by atoms with Crippen LogP contribution in [0.25, 0.3) is 28.0 Å². The van der Waals surface area contributed by atoms with Crippen LogP contribution in [0.1, 0.15) is 5.56 Å². The first-order valence-corrected chi connectivity index (χ1v) is 8.73. The summed E-state index contributed by atoms with van der Waals surface area (Å²) in [6, 6.07) is 19.7. The third kappa shape index (κ3) is 3.38. The van der Waals surface area contributed by atoms with Gasteiger partial charge in [0.05, 0.1) is 17.9 Å². The zero-order chi connectivity index (χ0) is 19.5. The lowest BCUT2D eigenvalue weighted by molar-refractivity contribution is -0.111. The van der Waals surface area contributed by atoms with Crippen molar-refractivity contribution in [3.63, 3.8) is 0 Å². The lowest BCUT2D eigenvalue weighted by Crippen LogP contribution is -2.08. The van der Waals surface area contributed by atoms with Crippen molar-refractivity contribution in [3.05, 3.63) is 88.6 Å². The van der Waals surface area contributed by atoms with Crippen LogP contribution in [0.15, 0.2) is 82.0 Å². The minimum absolute atomic E-state index is 0.142. The number of carbonyl (C=O) groups excluding carboxylic acids is 1. The van der Waals surface area contributed by atoms with E-state index in [2.05, 4.69) is 5.32 Å². The number of carbonyl (C=O) groups is 1. The summed E-state index contributed by atoms with van der Waals surface area (Å²) < 4.78 is 11.2. The molecular weight excluding hydrogens is 354 g/mol. The van der Waals surface area contributed by atoms with Gasteiger partial charge in [0, 0.05) is 17.8 Å². The van der Waals surface area contributed by atoms with Gasteiger partial charge in [-0.05, 0) is 35.9 Å². The first-order valence-electron chi connectivity index (χ1n) is 8.73. The van der Waals surface area contributed by atoms with Crippen molar-refractivity contribution in [2.45, 2.75) is 0 Å². The van der Waals surface area contributed by atoms with Gasteiger partial charge in [0.2, 0.25) is 11.3 Å². The number of amides is 1. The van der Waals surface area contributed by atoms with E-state index in [-0.39, 0.29) is 11.3 Å². The molecule has 4 rings (SSSR count). The van der Waals surface area contributed by atoms with Crippen LogP contribution < -0.4 is 15.5 Å². The molecule has 1 N–H and O–H groups in total. The molecule has 0 saturated heterocycles. The van der Waals surface area contributed by atoms with E-state index in [0.29, 0.717) is 33.4 Å². The Kier molecular flexibility index (Phi) is 4.64. The van der Waals surface area contributed by atoms with Crippen LogP contribution in [0.5, 0.6) is 5.75 Å². The fourth-order valence-electron chi connectivity index (χ4n) is 3.01. The number of anilines is 1. The van der Waals surface area contributed by atoms with Gasteiger partial charge in [-0.1, -0.05) is 36.4 Å². The van der Waals surface area contributed by atoms with Crippen LogP contribution in [0.3, 0.4) is 0 Å². The second-order valence-corrected chi connectivity index (χ2v) is 6.21. The molecule has 0 spiro atoms. The highest BCUT2D eigenvalue weighted by atomic mass is 16.5. The number of nitrogens with one attached hydrogen (secondary N) is 1. The molecular formula is C23H17NO4. The Morgan fingerprint density at radius 3 is 2.61 bits per heavy atom. The topological polar surface area (TPSA) is 68.5 Å². The predicted molar refractivity (Wildman–Crippen MR) is 111 cm³/mol. The Hall–Kier alpha value is -3.86. The zero-order valence-electron chi connectivity index (χ0n) is 15.1. The summed E-state index contributed by atoms with van der Waals surface area (Å²) in [6.45, 7) is 0. The summed E-state index contributed by atoms with van der Waals surface area (Å²) in [5.41, 5.74) is 2.09. The molecule has 0 aliphatic rings. The van der Waals surface area contributed by atoms with Gasteiger partial charge in [-0.3, -0.25) is 9.59 Å². The highest BCUT2D eigenvalue weighted by molar-refractivity contribution is 6.03. The second-order valence-electron chi connectivity index (χ2n) is 6.21. The van der Waals surface area contributed by atoms with Crippen LogP contribution in [0, 0.1) is 0 Å². The van der Waals surface area contributed by atoms with Crippen LogP contribution >= 0.6 is 0 Å². The average molecular weight is 371 g/mol. The van der Waals surface area contributed by atoms with Gasteiger partial charge >= 0.3 is 0 Å². The van der Waals surface area contributed by atoms with Gasteiger partial charge in [0.15, 0.2) is 11.3 Å². The van der Waals surface area contributed by atoms with E-state index in [9.17, 15) is 9.59 Å². The monoisotopic (exact) mass is 371 g/mol. The molecule has 4 aromatic rings. The van der Waals surface area contributed by atoms with E-state index in [0.717, 1.165) is 5.56 Å². The fraction of sp³-hybridized carbons (Fsp3) is 0.0435. The number of hydrogen-bond donors (Lipinski definition) is 1. The van der Waals surface area contributed by atoms with Gasteiger partial charge in [-0.2, -0.15) is 0 Å². The van der Waals surface area contributed by atoms with Crippen LogP contribution in [0.2, 0.25) is 0 Å². The molecule has 5 nitrogen and oxygen atoms in total. The summed E-state index contributed by atoms with van der Waals surface area (Å²) >= 11 is 0. The molecule has 0 fully saturated rings. The molecule has 0 aliphatic heterocycles. The molecule has 5 heteroatoms. The first kappa shape index (κ1) is 17.5. The number of rotatable bonds is 4. The lowest BCUT2D eigenvalue weighted by atomic mass is 10.1. The van der Waals surface area contributed by atoms with Crippen molar-refractivity contribution in [3.8, 4) is 5.75 Å². The van der Waals surface area contributed by atoms with E-state index in [1.807, 2.05) is 30.3 Å². The maximum absolute atomic E-state index is 12.7. The van der Waals surface area contributed by atoms with Gasteiger partial charge in [0.25, 0.3) is 0 Å². The molecule has 0 saturated carbocycles. The highest BCUT2D eigenvalue weighted by Gasteiger charge is 2.12. The number of benzene rings is 3. The van der Waals surface area contributed by atoms with E-state index >= 15 is 0 Å². The zero-order valence-corrected chi connectivity index (χ0v) is 15.1. The summed E-state index contributed by atoms with van der Waals surface area (Å²) in [7, 11) is 1.52. The smallest absolute Gasteiger partial charge is 0.248 e. The SMILES string of the molecule is COc1cccc2c(=O)c3ccc(NC(=O)/C=C/c4ccccc4)cc3oc12. The van der Waals surface area contributed by atoms with E-state index in [4.69, 9.17) is 9.15 Å². The Morgan fingerprint density at radius 1 is 1.00 bits per heavy atom. The molecule has 1 amide bonds. The van der Waals surface area contributed by atoms with Crippen molar-refractivity contribution in [1.82, 2.24) is 0 Å². The van der Waals surface area contributed by atoms with Gasteiger partial charge in [-0.15, -0.1) is 0 Å². The molecule has 0 radical (unpaired) electrons. The fourth-order valence-corrected chi connectivity index (χ4v) is 3.01. The van der Waals surface area contributed by atoms with Crippen molar-refractivity contribution in [2.75, 3.05) is 12.4 Å². The van der Waals surface area contributed by atoms with E-state index < -0.39 is 0 Å². The quantitative estimate of drug-likeness (QED) is 0.420. The normalized spacial score (nSPS) is 11.2. The average Bonchev–Trinajstić information content (AvgIpc) is 2.73. The summed E-state index contributed by atoms with van der Waals surface area (Å²) in [4.78, 5) is 24.9. The molecule has 28 heavy (non-hydrogen) atoms. The number of methoxy groups -OCH3 is 1. The Bertz CT molecular complexity index is 1260. The largest absolute Gasteiger partial charge is 0.493 e. The number of fused-ring (bicyclic) bond motifs is 2. The predicted octanol–water partition coefficient (Wildman–Crippen LogP) is 4.61. The van der Waals surface area contributed by atoms with Crippen molar-refractivity contribution < 1.29 is 13.9 Å². The Labute approximate surface area is 160 Å². The van der Waals surface area contributed by atoms with Crippen molar-refractivity contribution in [1.29, 1.82) is 0 Å².